The van der Waals surface area contributed by atoms with Crippen LogP contribution in [0.15, 0.2) is 4.90 Å². The van der Waals surface area contributed by atoms with Crippen LogP contribution in [0, 0.1) is 6.92 Å². The molecule has 1 aliphatic carbocycles. The molecule has 0 bridgehead atoms. The molecule has 1 aromatic rings. The Morgan fingerprint density at radius 2 is 2.27 bits per heavy atom. The summed E-state index contributed by atoms with van der Waals surface area (Å²) in [6, 6.07) is 0. The zero-order valence-corrected chi connectivity index (χ0v) is 10.5. The van der Waals surface area contributed by atoms with Crippen molar-refractivity contribution in [3.8, 4) is 0 Å². The Bertz CT molecular complexity index is 395. The van der Waals surface area contributed by atoms with Crippen LogP contribution < -0.4 is 0 Å². The first kappa shape index (κ1) is 11.2. The number of aliphatic hydroxyl groups is 1. The summed E-state index contributed by atoms with van der Waals surface area (Å²) in [5, 5.41) is 10.6. The monoisotopic (exact) mass is 243 g/mol. The van der Waals surface area contributed by atoms with Gasteiger partial charge in [0.25, 0.3) is 0 Å². The van der Waals surface area contributed by atoms with E-state index < -0.39 is 6.10 Å². The van der Waals surface area contributed by atoms with Crippen molar-refractivity contribution < 1.29 is 5.11 Å². The first-order valence-electron chi connectivity index (χ1n) is 5.06. The first-order valence-corrected chi connectivity index (χ1v) is 6.66. The Hall–Kier alpha value is -0.250. The van der Waals surface area contributed by atoms with E-state index in [4.69, 9.17) is 11.6 Å². The molecule has 0 aromatic carbocycles. The van der Waals surface area contributed by atoms with Crippen molar-refractivity contribution >= 4 is 23.4 Å². The van der Waals surface area contributed by atoms with E-state index in [0.717, 1.165) is 46.1 Å². The molecule has 1 aliphatic rings. The Balaban J connectivity index is 2.63. The van der Waals surface area contributed by atoms with Gasteiger partial charge in [0, 0.05) is 4.90 Å². The maximum atomic E-state index is 9.88. The van der Waals surface area contributed by atoms with E-state index in [1.54, 1.807) is 11.8 Å². The minimum Gasteiger partial charge on any atom is -0.387 e. The second kappa shape index (κ2) is 4.32. The highest BCUT2D eigenvalue weighted by Gasteiger charge is 2.24. The number of pyridine rings is 1. The summed E-state index contributed by atoms with van der Waals surface area (Å²) >= 11 is 7.86. The van der Waals surface area contributed by atoms with Crippen LogP contribution in [0.3, 0.4) is 0 Å². The van der Waals surface area contributed by atoms with Crippen molar-refractivity contribution in [1.29, 1.82) is 0 Å². The van der Waals surface area contributed by atoms with Crippen molar-refractivity contribution in [2.75, 3.05) is 6.26 Å². The van der Waals surface area contributed by atoms with Gasteiger partial charge in [-0.15, -0.1) is 11.8 Å². The van der Waals surface area contributed by atoms with E-state index in [1.807, 2.05) is 13.2 Å². The largest absolute Gasteiger partial charge is 0.387 e. The molecule has 0 aliphatic heterocycles. The number of nitrogens with zero attached hydrogens (tertiary/aromatic N) is 1. The summed E-state index contributed by atoms with van der Waals surface area (Å²) in [5.74, 6) is 0. The van der Waals surface area contributed by atoms with Gasteiger partial charge in [0.05, 0.1) is 22.5 Å². The van der Waals surface area contributed by atoms with Gasteiger partial charge in [-0.25, -0.2) is 0 Å². The standard InChI is InChI=1S/C11H14ClNOS/c1-6-9(12)11(15-2)7-4-3-5-8(14)10(7)13-6/h8,14H,3-5H2,1-2H3. The number of thioether (sulfide) groups is 1. The van der Waals surface area contributed by atoms with Crippen LogP contribution in [0.5, 0.6) is 0 Å². The summed E-state index contributed by atoms with van der Waals surface area (Å²) in [4.78, 5) is 5.50. The second-order valence-corrected chi connectivity index (χ2v) is 5.01. The summed E-state index contributed by atoms with van der Waals surface area (Å²) in [6.45, 7) is 1.89. The highest BCUT2D eigenvalue weighted by Crippen LogP contribution is 2.39. The molecule has 1 aromatic heterocycles. The molecule has 1 heterocycles. The third-order valence-corrected chi connectivity index (χ3v) is 4.25. The van der Waals surface area contributed by atoms with E-state index in [9.17, 15) is 5.11 Å². The molecule has 0 radical (unpaired) electrons. The number of hydrogen-bond acceptors (Lipinski definition) is 3. The number of fused-ring (bicyclic) bond motifs is 1. The molecule has 1 N–H and O–H groups in total. The molecule has 2 rings (SSSR count). The molecule has 1 unspecified atom stereocenters. The van der Waals surface area contributed by atoms with Crippen molar-refractivity contribution in [2.24, 2.45) is 0 Å². The minimum atomic E-state index is -0.407. The van der Waals surface area contributed by atoms with Gasteiger partial charge < -0.3 is 5.11 Å². The van der Waals surface area contributed by atoms with Gasteiger partial charge in [0.1, 0.15) is 0 Å². The molecule has 0 saturated carbocycles. The zero-order valence-electron chi connectivity index (χ0n) is 8.88. The average Bonchev–Trinajstić information content (AvgIpc) is 2.22. The van der Waals surface area contributed by atoms with Gasteiger partial charge in [-0.3, -0.25) is 4.98 Å². The molecule has 0 saturated heterocycles. The van der Waals surface area contributed by atoms with Crippen LogP contribution in [0.2, 0.25) is 5.02 Å². The molecule has 0 fully saturated rings. The Morgan fingerprint density at radius 3 is 2.93 bits per heavy atom. The molecule has 1 atom stereocenters. The normalized spacial score (nSPS) is 20.1. The van der Waals surface area contributed by atoms with Gasteiger partial charge >= 0.3 is 0 Å². The van der Waals surface area contributed by atoms with Crippen LogP contribution >= 0.6 is 23.4 Å². The molecule has 2 nitrogen and oxygen atoms in total. The first-order chi connectivity index (χ1) is 7.15. The summed E-state index contributed by atoms with van der Waals surface area (Å²) in [6.07, 6.45) is 4.42. The van der Waals surface area contributed by atoms with Crippen LogP contribution in [-0.2, 0) is 6.42 Å². The van der Waals surface area contributed by atoms with E-state index in [0.29, 0.717) is 0 Å². The lowest BCUT2D eigenvalue weighted by Gasteiger charge is -2.23. The maximum Gasteiger partial charge on any atom is 0.0963 e. The van der Waals surface area contributed by atoms with Gasteiger partial charge in [0.15, 0.2) is 0 Å². The van der Waals surface area contributed by atoms with Gasteiger partial charge in [0.2, 0.25) is 0 Å². The van der Waals surface area contributed by atoms with Crippen LogP contribution in [0.4, 0.5) is 0 Å². The van der Waals surface area contributed by atoms with Crippen LogP contribution in [0.1, 0.15) is 35.9 Å². The number of aryl methyl sites for hydroxylation is 1. The quantitative estimate of drug-likeness (QED) is 0.770. The third-order valence-electron chi connectivity index (χ3n) is 2.81. The van der Waals surface area contributed by atoms with Gasteiger partial charge in [-0.1, -0.05) is 11.6 Å². The van der Waals surface area contributed by atoms with Crippen LogP contribution in [-0.4, -0.2) is 16.3 Å². The highest BCUT2D eigenvalue weighted by atomic mass is 35.5. The topological polar surface area (TPSA) is 33.1 Å². The molecule has 0 amide bonds. The lowest BCUT2D eigenvalue weighted by atomic mass is 9.93. The van der Waals surface area contributed by atoms with Crippen molar-refractivity contribution in [3.05, 3.63) is 22.0 Å². The van der Waals surface area contributed by atoms with E-state index in [2.05, 4.69) is 4.98 Å². The molecular formula is C11H14ClNOS. The number of halogens is 1. The minimum absolute atomic E-state index is 0.407. The lowest BCUT2D eigenvalue weighted by Crippen LogP contribution is -2.13. The fourth-order valence-electron chi connectivity index (χ4n) is 2.05. The van der Waals surface area contributed by atoms with Gasteiger partial charge in [-0.05, 0) is 38.0 Å². The molecular weight excluding hydrogens is 230 g/mol. The molecule has 0 spiro atoms. The fraction of sp³-hybridized carbons (Fsp3) is 0.545. The molecule has 15 heavy (non-hydrogen) atoms. The average molecular weight is 244 g/mol. The molecule has 4 heteroatoms. The summed E-state index contributed by atoms with van der Waals surface area (Å²) in [5.41, 5.74) is 2.81. The van der Waals surface area contributed by atoms with E-state index in [-0.39, 0.29) is 0 Å². The Labute approximate surface area is 99.1 Å². The SMILES string of the molecule is CSc1c(Cl)c(C)nc2c1CCCC2O. The number of rotatable bonds is 1. The summed E-state index contributed by atoms with van der Waals surface area (Å²) < 4.78 is 0. The fourth-order valence-corrected chi connectivity index (χ4v) is 3.22. The maximum absolute atomic E-state index is 9.88. The smallest absolute Gasteiger partial charge is 0.0963 e. The number of aliphatic hydroxyl groups excluding tert-OH is 1. The predicted molar refractivity (Wildman–Crippen MR) is 63.7 cm³/mol. The van der Waals surface area contributed by atoms with Gasteiger partial charge in [-0.2, -0.15) is 0 Å². The Kier molecular flexibility index (Phi) is 3.24. The third kappa shape index (κ3) is 1.88. The van der Waals surface area contributed by atoms with Crippen molar-refractivity contribution in [2.45, 2.75) is 37.2 Å². The summed E-state index contributed by atoms with van der Waals surface area (Å²) in [7, 11) is 0. The van der Waals surface area contributed by atoms with E-state index >= 15 is 0 Å². The van der Waals surface area contributed by atoms with E-state index in [1.165, 1.54) is 0 Å². The predicted octanol–water partition coefficient (Wildman–Crippen LogP) is 3.14. The number of aromatic nitrogens is 1. The Morgan fingerprint density at radius 1 is 1.53 bits per heavy atom. The van der Waals surface area contributed by atoms with Crippen molar-refractivity contribution in [1.82, 2.24) is 4.98 Å². The lowest BCUT2D eigenvalue weighted by molar-refractivity contribution is 0.150. The highest BCUT2D eigenvalue weighted by molar-refractivity contribution is 7.98. The molecule has 82 valence electrons. The number of hydrogen-bond donors (Lipinski definition) is 1. The second-order valence-electron chi connectivity index (χ2n) is 3.82. The van der Waals surface area contributed by atoms with Crippen molar-refractivity contribution in [3.63, 3.8) is 0 Å². The zero-order chi connectivity index (χ0) is 11.0. The van der Waals surface area contributed by atoms with Crippen LogP contribution in [0.25, 0.3) is 0 Å².